The van der Waals surface area contributed by atoms with Crippen LogP contribution in [-0.2, 0) is 16.1 Å². The highest BCUT2D eigenvalue weighted by Crippen LogP contribution is 2.53. The molecule has 3 atom stereocenters. The van der Waals surface area contributed by atoms with Gasteiger partial charge in [-0.15, -0.1) is 0 Å². The Morgan fingerprint density at radius 1 is 1.05 bits per heavy atom. The van der Waals surface area contributed by atoms with Crippen molar-refractivity contribution in [3.8, 4) is 0 Å². The fraction of sp³-hybridized carbons (Fsp3) is 0.294. The third-order valence-corrected chi connectivity index (χ3v) is 5.37. The first-order valence-corrected chi connectivity index (χ1v) is 8.11. The van der Waals surface area contributed by atoms with Crippen LogP contribution in [0.5, 0.6) is 0 Å². The van der Waals surface area contributed by atoms with Gasteiger partial charge in [0.15, 0.2) is 0 Å². The Balaban J connectivity index is 1.56. The van der Waals surface area contributed by atoms with Crippen LogP contribution in [0.15, 0.2) is 47.2 Å². The van der Waals surface area contributed by atoms with E-state index in [0.717, 1.165) is 12.0 Å². The van der Waals surface area contributed by atoms with Gasteiger partial charge in [0.05, 0.1) is 18.4 Å². The largest absolute Gasteiger partial charge is 0.278 e. The molecule has 0 radical (unpaired) electrons. The highest BCUT2D eigenvalue weighted by atomic mass is 32.1. The molecule has 2 aromatic rings. The lowest BCUT2D eigenvalue weighted by atomic mass is 9.64. The zero-order valence-electron chi connectivity index (χ0n) is 11.4. The van der Waals surface area contributed by atoms with E-state index in [2.05, 4.69) is 11.4 Å². The molecule has 0 unspecified atom stereocenters. The van der Waals surface area contributed by atoms with Crippen LogP contribution in [0.3, 0.4) is 0 Å². The first-order chi connectivity index (χ1) is 10.3. The molecule has 21 heavy (non-hydrogen) atoms. The zero-order chi connectivity index (χ0) is 14.4. The standard InChI is InChI=1S/C17H15NO2S/c19-16-14-8-13(12-6-7-21-10-12)15(14)17(20)18(16)9-11-4-2-1-3-5-11/h1-7,10,13-15H,8-9H2/t13-,14+,15-/m1/s1. The van der Waals surface area contributed by atoms with E-state index >= 15 is 0 Å². The van der Waals surface area contributed by atoms with E-state index in [1.54, 1.807) is 11.3 Å². The zero-order valence-corrected chi connectivity index (χ0v) is 12.3. The number of hydrogen-bond acceptors (Lipinski definition) is 3. The Morgan fingerprint density at radius 3 is 2.57 bits per heavy atom. The molecule has 0 bridgehead atoms. The molecular formula is C17H15NO2S. The van der Waals surface area contributed by atoms with Crippen molar-refractivity contribution < 1.29 is 9.59 Å². The van der Waals surface area contributed by atoms with Crippen molar-refractivity contribution in [2.24, 2.45) is 11.8 Å². The molecule has 0 N–H and O–H groups in total. The summed E-state index contributed by atoms with van der Waals surface area (Å²) in [6.45, 7) is 0.405. The number of nitrogens with zero attached hydrogens (tertiary/aromatic N) is 1. The highest BCUT2D eigenvalue weighted by molar-refractivity contribution is 7.08. The van der Waals surface area contributed by atoms with Gasteiger partial charge in [-0.1, -0.05) is 30.3 Å². The van der Waals surface area contributed by atoms with Crippen LogP contribution in [-0.4, -0.2) is 16.7 Å². The molecule has 106 valence electrons. The number of amides is 2. The third-order valence-electron chi connectivity index (χ3n) is 4.66. The normalized spacial score (nSPS) is 27.6. The Bertz CT molecular complexity index is 680. The molecule has 2 heterocycles. The minimum absolute atomic E-state index is 0.0105. The van der Waals surface area contributed by atoms with Gasteiger partial charge in [0.1, 0.15) is 0 Å². The van der Waals surface area contributed by atoms with Crippen LogP contribution < -0.4 is 0 Å². The summed E-state index contributed by atoms with van der Waals surface area (Å²) in [5, 5.41) is 4.13. The van der Waals surface area contributed by atoms with E-state index in [1.165, 1.54) is 10.5 Å². The van der Waals surface area contributed by atoms with Crippen molar-refractivity contribution in [1.82, 2.24) is 4.90 Å². The summed E-state index contributed by atoms with van der Waals surface area (Å²) >= 11 is 1.65. The lowest BCUT2D eigenvalue weighted by molar-refractivity contribution is -0.140. The van der Waals surface area contributed by atoms with Crippen LogP contribution in [0.2, 0.25) is 0 Å². The van der Waals surface area contributed by atoms with Gasteiger partial charge < -0.3 is 0 Å². The summed E-state index contributed by atoms with van der Waals surface area (Å²) in [5.74, 6) is 0.0389. The summed E-state index contributed by atoms with van der Waals surface area (Å²) in [6, 6.07) is 11.8. The molecule has 2 amide bonds. The van der Waals surface area contributed by atoms with Gasteiger partial charge in [-0.25, -0.2) is 0 Å². The minimum atomic E-state index is -0.129. The van der Waals surface area contributed by atoms with Crippen molar-refractivity contribution in [2.75, 3.05) is 0 Å². The fourth-order valence-electron chi connectivity index (χ4n) is 3.49. The van der Waals surface area contributed by atoms with Crippen LogP contribution in [0, 0.1) is 11.8 Å². The van der Waals surface area contributed by atoms with Crippen molar-refractivity contribution in [1.29, 1.82) is 0 Å². The molecule has 2 fully saturated rings. The second-order valence-corrected chi connectivity index (χ2v) is 6.56. The van der Waals surface area contributed by atoms with Crippen molar-refractivity contribution >= 4 is 23.2 Å². The Kier molecular flexibility index (Phi) is 2.93. The molecule has 1 aliphatic carbocycles. The van der Waals surface area contributed by atoms with Crippen LogP contribution in [0.1, 0.15) is 23.5 Å². The van der Waals surface area contributed by atoms with E-state index < -0.39 is 0 Å². The maximum absolute atomic E-state index is 12.6. The summed E-state index contributed by atoms with van der Waals surface area (Å²) in [5.41, 5.74) is 2.22. The summed E-state index contributed by atoms with van der Waals surface area (Å²) in [6.07, 6.45) is 0.817. The van der Waals surface area contributed by atoms with Gasteiger partial charge in [0.25, 0.3) is 0 Å². The number of imide groups is 1. The van der Waals surface area contributed by atoms with E-state index in [4.69, 9.17) is 0 Å². The summed E-state index contributed by atoms with van der Waals surface area (Å²) < 4.78 is 0. The van der Waals surface area contributed by atoms with E-state index in [1.807, 2.05) is 35.7 Å². The topological polar surface area (TPSA) is 37.4 Å². The summed E-state index contributed by atoms with van der Waals surface area (Å²) in [4.78, 5) is 26.5. The Labute approximate surface area is 127 Å². The first-order valence-electron chi connectivity index (χ1n) is 7.17. The molecule has 1 aromatic carbocycles. The van der Waals surface area contributed by atoms with Crippen LogP contribution >= 0.6 is 11.3 Å². The second-order valence-electron chi connectivity index (χ2n) is 5.78. The lowest BCUT2D eigenvalue weighted by Crippen LogP contribution is -2.36. The number of thiophene rings is 1. The maximum Gasteiger partial charge on any atom is 0.234 e. The number of benzene rings is 1. The quantitative estimate of drug-likeness (QED) is 0.817. The third kappa shape index (κ3) is 1.94. The molecule has 4 heteroatoms. The predicted molar refractivity (Wildman–Crippen MR) is 80.7 cm³/mol. The van der Waals surface area contributed by atoms with Crippen molar-refractivity contribution in [3.05, 3.63) is 58.3 Å². The predicted octanol–water partition coefficient (Wildman–Crippen LogP) is 3.04. The molecule has 4 rings (SSSR count). The van der Waals surface area contributed by atoms with Gasteiger partial charge in [0.2, 0.25) is 11.8 Å². The molecule has 3 nitrogen and oxygen atoms in total. The van der Waals surface area contributed by atoms with Gasteiger partial charge in [-0.3, -0.25) is 14.5 Å². The van der Waals surface area contributed by atoms with Crippen molar-refractivity contribution in [3.63, 3.8) is 0 Å². The minimum Gasteiger partial charge on any atom is -0.278 e. The number of carbonyl (C=O) groups excluding carboxylic acids is 2. The number of carbonyl (C=O) groups is 2. The molecule has 1 saturated heterocycles. The van der Waals surface area contributed by atoms with Gasteiger partial charge in [-0.2, -0.15) is 11.3 Å². The van der Waals surface area contributed by atoms with E-state index in [-0.39, 0.29) is 29.6 Å². The molecule has 1 saturated carbocycles. The smallest absolute Gasteiger partial charge is 0.234 e. The van der Waals surface area contributed by atoms with Gasteiger partial charge >= 0.3 is 0 Å². The lowest BCUT2D eigenvalue weighted by Gasteiger charge is -2.36. The summed E-state index contributed by atoms with van der Waals surface area (Å²) in [7, 11) is 0. The van der Waals surface area contributed by atoms with E-state index in [9.17, 15) is 9.59 Å². The van der Waals surface area contributed by atoms with Gasteiger partial charge in [-0.05, 0) is 40.3 Å². The molecule has 1 aliphatic heterocycles. The number of hydrogen-bond donors (Lipinski definition) is 0. The average molecular weight is 297 g/mol. The van der Waals surface area contributed by atoms with Gasteiger partial charge in [0, 0.05) is 0 Å². The maximum atomic E-state index is 12.6. The number of rotatable bonds is 3. The second kappa shape index (κ2) is 4.81. The number of likely N-dealkylation sites (tertiary alicyclic amines) is 1. The van der Waals surface area contributed by atoms with E-state index in [0.29, 0.717) is 6.54 Å². The van der Waals surface area contributed by atoms with Crippen LogP contribution in [0.4, 0.5) is 0 Å². The monoisotopic (exact) mass is 297 g/mol. The first kappa shape index (κ1) is 12.8. The van der Waals surface area contributed by atoms with Crippen molar-refractivity contribution in [2.45, 2.75) is 18.9 Å². The number of fused-ring (bicyclic) bond motifs is 1. The molecule has 0 spiro atoms. The van der Waals surface area contributed by atoms with Crippen LogP contribution in [0.25, 0.3) is 0 Å². The SMILES string of the molecule is O=C1[C@H]2[C@H](C[C@@H]2c2ccsc2)C(=O)N1Cc1ccccc1. The Hall–Kier alpha value is -1.94. The molecular weight excluding hydrogens is 282 g/mol. The average Bonchev–Trinajstić information content (AvgIpc) is 3.03. The Morgan fingerprint density at radius 2 is 1.86 bits per heavy atom. The molecule has 2 aliphatic rings. The fourth-order valence-corrected chi connectivity index (χ4v) is 4.21. The highest BCUT2D eigenvalue weighted by Gasteiger charge is 2.58. The molecule has 1 aromatic heterocycles.